The molecule has 2 N–H and O–H groups in total. The number of rotatable bonds is 2. The molecule has 0 radical (unpaired) electrons. The minimum atomic E-state index is 0.326. The third-order valence-corrected chi connectivity index (χ3v) is 4.04. The Labute approximate surface area is 102 Å². The summed E-state index contributed by atoms with van der Waals surface area (Å²) in [5.41, 5.74) is 7.34. The molecule has 0 saturated heterocycles. The molecule has 1 fully saturated rings. The number of halogens is 1. The van der Waals surface area contributed by atoms with Crippen LogP contribution in [0.15, 0.2) is 18.2 Å². The fourth-order valence-corrected chi connectivity index (χ4v) is 2.77. The Balaban J connectivity index is 2.27. The van der Waals surface area contributed by atoms with Crippen LogP contribution in [0.5, 0.6) is 5.75 Å². The molecule has 1 saturated carbocycles. The predicted molar refractivity (Wildman–Crippen MR) is 67.1 cm³/mol. The summed E-state index contributed by atoms with van der Waals surface area (Å²) in [5, 5.41) is 0.668. The molecule has 0 spiro atoms. The molecule has 1 aromatic carbocycles. The number of hydrogen-bond acceptors (Lipinski definition) is 2. The van der Waals surface area contributed by atoms with E-state index in [1.54, 1.807) is 7.11 Å². The van der Waals surface area contributed by atoms with E-state index in [1.165, 1.54) is 5.56 Å². The fraction of sp³-hybridized carbons (Fsp3) is 0.538. The molecule has 0 amide bonds. The Morgan fingerprint density at radius 3 is 2.69 bits per heavy atom. The molecular weight excluding hydrogens is 222 g/mol. The van der Waals surface area contributed by atoms with Gasteiger partial charge in [0, 0.05) is 6.04 Å². The zero-order valence-corrected chi connectivity index (χ0v) is 10.5. The summed E-state index contributed by atoms with van der Waals surface area (Å²) >= 11 is 6.02. The lowest BCUT2D eigenvalue weighted by Gasteiger charge is -2.19. The summed E-state index contributed by atoms with van der Waals surface area (Å²) in [6, 6.07) is 6.37. The van der Waals surface area contributed by atoms with Gasteiger partial charge in [-0.3, -0.25) is 0 Å². The highest BCUT2D eigenvalue weighted by molar-refractivity contribution is 6.32. The third-order valence-electron chi connectivity index (χ3n) is 3.72. The average molecular weight is 240 g/mol. The van der Waals surface area contributed by atoms with Crippen molar-refractivity contribution in [3.63, 3.8) is 0 Å². The van der Waals surface area contributed by atoms with E-state index < -0.39 is 0 Å². The lowest BCUT2D eigenvalue weighted by Crippen LogP contribution is -2.24. The minimum absolute atomic E-state index is 0.326. The van der Waals surface area contributed by atoms with Gasteiger partial charge < -0.3 is 10.5 Å². The van der Waals surface area contributed by atoms with Gasteiger partial charge in [0.1, 0.15) is 5.75 Å². The molecule has 2 nitrogen and oxygen atoms in total. The Bertz CT molecular complexity index is 380. The monoisotopic (exact) mass is 239 g/mol. The van der Waals surface area contributed by atoms with Crippen LogP contribution in [0.25, 0.3) is 0 Å². The van der Waals surface area contributed by atoms with Gasteiger partial charge in [-0.2, -0.15) is 0 Å². The van der Waals surface area contributed by atoms with Gasteiger partial charge in [0.15, 0.2) is 0 Å². The van der Waals surface area contributed by atoms with E-state index in [2.05, 4.69) is 13.0 Å². The minimum Gasteiger partial charge on any atom is -0.495 e. The summed E-state index contributed by atoms with van der Waals surface area (Å²) in [4.78, 5) is 0. The van der Waals surface area contributed by atoms with Gasteiger partial charge in [-0.1, -0.05) is 24.6 Å². The van der Waals surface area contributed by atoms with E-state index in [9.17, 15) is 0 Å². The maximum Gasteiger partial charge on any atom is 0.137 e. The predicted octanol–water partition coefficient (Wildman–Crippen LogP) is 3.19. The maximum atomic E-state index is 6.05. The second kappa shape index (κ2) is 4.64. The summed E-state index contributed by atoms with van der Waals surface area (Å²) in [5.74, 6) is 1.83. The van der Waals surface area contributed by atoms with Gasteiger partial charge in [-0.15, -0.1) is 0 Å². The molecule has 88 valence electrons. The highest BCUT2D eigenvalue weighted by Gasteiger charge is 2.31. The molecule has 2 rings (SSSR count). The SMILES string of the molecule is COc1cc(C2CCC(N)C2C)ccc1Cl. The molecule has 0 heterocycles. The summed E-state index contributed by atoms with van der Waals surface area (Å²) in [6.45, 7) is 2.23. The number of methoxy groups -OCH3 is 1. The van der Waals surface area contributed by atoms with Crippen molar-refractivity contribution in [3.8, 4) is 5.75 Å². The van der Waals surface area contributed by atoms with Gasteiger partial charge in [0.05, 0.1) is 12.1 Å². The first-order chi connectivity index (χ1) is 7.63. The first-order valence-electron chi connectivity index (χ1n) is 5.72. The number of nitrogens with two attached hydrogens (primary N) is 1. The summed E-state index contributed by atoms with van der Waals surface area (Å²) in [6.07, 6.45) is 2.27. The number of hydrogen-bond donors (Lipinski definition) is 1. The highest BCUT2D eigenvalue weighted by atomic mass is 35.5. The van der Waals surface area contributed by atoms with Crippen molar-refractivity contribution < 1.29 is 4.74 Å². The fourth-order valence-electron chi connectivity index (χ4n) is 2.57. The average Bonchev–Trinajstić information content (AvgIpc) is 2.61. The molecular formula is C13H18ClNO. The van der Waals surface area contributed by atoms with Crippen LogP contribution in [0.4, 0.5) is 0 Å². The van der Waals surface area contributed by atoms with Crippen molar-refractivity contribution in [1.29, 1.82) is 0 Å². The van der Waals surface area contributed by atoms with E-state index >= 15 is 0 Å². The number of benzene rings is 1. The van der Waals surface area contributed by atoms with Crippen LogP contribution in [0.3, 0.4) is 0 Å². The van der Waals surface area contributed by atoms with Crippen molar-refractivity contribution in [2.24, 2.45) is 11.7 Å². The molecule has 0 bridgehead atoms. The molecule has 16 heavy (non-hydrogen) atoms. The smallest absolute Gasteiger partial charge is 0.137 e. The van der Waals surface area contributed by atoms with Gasteiger partial charge in [-0.25, -0.2) is 0 Å². The van der Waals surface area contributed by atoms with E-state index in [1.807, 2.05) is 12.1 Å². The molecule has 1 aliphatic carbocycles. The molecule has 1 aliphatic rings. The molecule has 3 heteroatoms. The zero-order chi connectivity index (χ0) is 11.7. The molecule has 1 aromatic rings. The molecule has 0 aliphatic heterocycles. The Morgan fingerprint density at radius 1 is 1.38 bits per heavy atom. The molecule has 3 atom stereocenters. The largest absolute Gasteiger partial charge is 0.495 e. The summed E-state index contributed by atoms with van der Waals surface area (Å²) < 4.78 is 5.24. The third kappa shape index (κ3) is 2.04. The van der Waals surface area contributed by atoms with Crippen LogP contribution in [0, 0.1) is 5.92 Å². The molecule has 3 unspecified atom stereocenters. The first-order valence-corrected chi connectivity index (χ1v) is 6.10. The van der Waals surface area contributed by atoms with Gasteiger partial charge >= 0.3 is 0 Å². The lowest BCUT2D eigenvalue weighted by molar-refractivity contribution is 0.412. The van der Waals surface area contributed by atoms with Crippen LogP contribution in [0.1, 0.15) is 31.2 Å². The second-order valence-electron chi connectivity index (χ2n) is 4.60. The Kier molecular flexibility index (Phi) is 3.41. The quantitative estimate of drug-likeness (QED) is 0.860. The second-order valence-corrected chi connectivity index (χ2v) is 5.01. The van der Waals surface area contributed by atoms with Crippen LogP contribution in [0.2, 0.25) is 5.02 Å². The Morgan fingerprint density at radius 2 is 2.12 bits per heavy atom. The maximum absolute atomic E-state index is 6.05. The van der Waals surface area contributed by atoms with E-state index in [0.717, 1.165) is 18.6 Å². The van der Waals surface area contributed by atoms with Crippen molar-refractivity contribution in [2.75, 3.05) is 7.11 Å². The normalized spacial score (nSPS) is 29.4. The van der Waals surface area contributed by atoms with Crippen LogP contribution < -0.4 is 10.5 Å². The van der Waals surface area contributed by atoms with Gasteiger partial charge in [0.2, 0.25) is 0 Å². The first kappa shape index (κ1) is 11.7. The highest BCUT2D eigenvalue weighted by Crippen LogP contribution is 2.40. The van der Waals surface area contributed by atoms with Crippen LogP contribution in [-0.4, -0.2) is 13.2 Å². The van der Waals surface area contributed by atoms with E-state index in [-0.39, 0.29) is 0 Å². The van der Waals surface area contributed by atoms with Gasteiger partial charge in [0.25, 0.3) is 0 Å². The standard InChI is InChI=1S/C13H18ClNO/c1-8-10(4-6-12(8)15)9-3-5-11(14)13(7-9)16-2/h3,5,7-8,10,12H,4,6,15H2,1-2H3. The van der Waals surface area contributed by atoms with Gasteiger partial charge in [-0.05, 0) is 42.4 Å². The van der Waals surface area contributed by atoms with Crippen molar-refractivity contribution >= 4 is 11.6 Å². The van der Waals surface area contributed by atoms with E-state index in [0.29, 0.717) is 22.9 Å². The van der Waals surface area contributed by atoms with Crippen molar-refractivity contribution in [1.82, 2.24) is 0 Å². The topological polar surface area (TPSA) is 35.2 Å². The van der Waals surface area contributed by atoms with Crippen LogP contribution >= 0.6 is 11.6 Å². The number of ether oxygens (including phenoxy) is 1. The van der Waals surface area contributed by atoms with Crippen molar-refractivity contribution in [3.05, 3.63) is 28.8 Å². The summed E-state index contributed by atoms with van der Waals surface area (Å²) in [7, 11) is 1.65. The van der Waals surface area contributed by atoms with Crippen molar-refractivity contribution in [2.45, 2.75) is 31.7 Å². The zero-order valence-electron chi connectivity index (χ0n) is 9.74. The molecule has 0 aromatic heterocycles. The Hall–Kier alpha value is -0.730. The van der Waals surface area contributed by atoms with Crippen LogP contribution in [-0.2, 0) is 0 Å². The lowest BCUT2D eigenvalue weighted by atomic mass is 9.89. The van der Waals surface area contributed by atoms with E-state index in [4.69, 9.17) is 22.1 Å².